The van der Waals surface area contributed by atoms with Gasteiger partial charge in [0.15, 0.2) is 0 Å². The first-order valence-corrected chi connectivity index (χ1v) is 19.1. The number of piperidine rings is 2. The molecule has 1 amide bonds. The van der Waals surface area contributed by atoms with Gasteiger partial charge in [-0.2, -0.15) is 22.6 Å². The molecule has 2 fully saturated rings. The Morgan fingerprint density at radius 2 is 1.81 bits per heavy atom. The first-order chi connectivity index (χ1) is 22.3. The van der Waals surface area contributed by atoms with Crippen molar-refractivity contribution in [3.8, 4) is 11.3 Å². The minimum atomic E-state index is -4.56. The van der Waals surface area contributed by atoms with Gasteiger partial charge in [0.2, 0.25) is 15.9 Å². The first-order valence-electron chi connectivity index (χ1n) is 16.2. The Morgan fingerprint density at radius 3 is 2.47 bits per heavy atom. The van der Waals surface area contributed by atoms with Gasteiger partial charge in [-0.05, 0) is 50.9 Å². The van der Waals surface area contributed by atoms with Crippen LogP contribution >= 0.6 is 11.8 Å². The highest BCUT2D eigenvalue weighted by atomic mass is 32.2. The van der Waals surface area contributed by atoms with Crippen LogP contribution in [-0.2, 0) is 40.5 Å². The number of thioether (sulfide) groups is 1. The summed E-state index contributed by atoms with van der Waals surface area (Å²) in [5.41, 5.74) is 1.61. The third-order valence-corrected chi connectivity index (χ3v) is 11.5. The van der Waals surface area contributed by atoms with Crippen LogP contribution in [0.4, 0.5) is 13.2 Å². The standard InChI is InChI=1S/C31H45F3N6O5S2/c1-47(44,45)39-14-9-27-25(20-39)30(36-40(27)19-24(42)18-38-10-3-2-4-11-38)22-5-6-26(31(32,33)34)28(17-22)46-16-15-37-12-7-23(8-13-37)35-29(43)21-41/h5-6,17,23-24,41-42H,2-4,7-16,18-21H2,1H3,(H,35,43). The van der Waals surface area contributed by atoms with Gasteiger partial charge in [0.25, 0.3) is 0 Å². The lowest BCUT2D eigenvalue weighted by atomic mass is 10.0. The summed E-state index contributed by atoms with van der Waals surface area (Å²) in [5, 5.41) is 27.5. The number of hydrogen-bond donors (Lipinski definition) is 3. The number of nitrogens with zero attached hydrogens (tertiary/aromatic N) is 5. The van der Waals surface area contributed by atoms with Crippen LogP contribution in [0.2, 0.25) is 0 Å². The molecule has 5 rings (SSSR count). The number of rotatable bonds is 12. The average Bonchev–Trinajstić information content (AvgIpc) is 3.38. The van der Waals surface area contributed by atoms with E-state index >= 15 is 0 Å². The Labute approximate surface area is 278 Å². The topological polar surface area (TPSA) is 131 Å². The SMILES string of the molecule is CS(=O)(=O)N1CCc2c(c(-c3ccc(C(F)(F)F)c(SCCN4CCC(NC(=O)CO)CC4)c3)nn2CC(O)CN2CCCCC2)C1. The lowest BCUT2D eigenvalue weighted by Crippen LogP contribution is -2.45. The maximum absolute atomic E-state index is 14.1. The lowest BCUT2D eigenvalue weighted by Gasteiger charge is -2.32. The second kappa shape index (κ2) is 15.6. The van der Waals surface area contributed by atoms with Gasteiger partial charge in [-0.3, -0.25) is 9.48 Å². The molecule has 16 heteroatoms. The van der Waals surface area contributed by atoms with Gasteiger partial charge in [-0.25, -0.2) is 8.42 Å². The Balaban J connectivity index is 1.35. The summed E-state index contributed by atoms with van der Waals surface area (Å²) < 4.78 is 70.4. The molecular weight excluding hydrogens is 658 g/mol. The molecule has 0 saturated carbocycles. The molecule has 47 heavy (non-hydrogen) atoms. The maximum Gasteiger partial charge on any atom is 0.417 e. The van der Waals surface area contributed by atoms with Gasteiger partial charge in [-0.1, -0.05) is 12.5 Å². The van der Waals surface area contributed by atoms with Gasteiger partial charge >= 0.3 is 6.18 Å². The molecule has 3 aliphatic heterocycles. The fourth-order valence-corrected chi connectivity index (χ4v) is 8.62. The monoisotopic (exact) mass is 702 g/mol. The largest absolute Gasteiger partial charge is 0.417 e. The Kier molecular flexibility index (Phi) is 11.9. The van der Waals surface area contributed by atoms with Crippen LogP contribution < -0.4 is 5.32 Å². The molecule has 11 nitrogen and oxygen atoms in total. The van der Waals surface area contributed by atoms with E-state index in [2.05, 4.69) is 15.1 Å². The van der Waals surface area contributed by atoms with Crippen molar-refractivity contribution in [2.24, 2.45) is 0 Å². The molecule has 1 atom stereocenters. The molecule has 0 spiro atoms. The summed E-state index contributed by atoms with van der Waals surface area (Å²) in [6.45, 7) is 4.26. The van der Waals surface area contributed by atoms with Crippen molar-refractivity contribution >= 4 is 27.7 Å². The molecule has 3 N–H and O–H groups in total. The van der Waals surface area contributed by atoms with Gasteiger partial charge in [0, 0.05) is 79.2 Å². The van der Waals surface area contributed by atoms with E-state index in [1.54, 1.807) is 4.68 Å². The van der Waals surface area contributed by atoms with E-state index in [1.165, 1.54) is 22.9 Å². The molecule has 1 aromatic heterocycles. The van der Waals surface area contributed by atoms with Crippen LogP contribution in [0.1, 0.15) is 48.9 Å². The van der Waals surface area contributed by atoms with Crippen molar-refractivity contribution in [3.63, 3.8) is 0 Å². The number of likely N-dealkylation sites (tertiary alicyclic amines) is 2. The zero-order valence-corrected chi connectivity index (χ0v) is 28.3. The van der Waals surface area contributed by atoms with Crippen molar-refractivity contribution in [1.29, 1.82) is 0 Å². The number of carbonyl (C=O) groups is 1. The number of aliphatic hydroxyl groups excluding tert-OH is 2. The fraction of sp³-hybridized carbons (Fsp3) is 0.677. The second-order valence-corrected chi connectivity index (χ2v) is 15.8. The number of benzene rings is 1. The number of alkyl halides is 3. The predicted octanol–water partition coefficient (Wildman–Crippen LogP) is 2.40. The normalized spacial score (nSPS) is 19.9. The summed E-state index contributed by atoms with van der Waals surface area (Å²) in [6, 6.07) is 3.94. The van der Waals surface area contributed by atoms with Crippen LogP contribution in [0.25, 0.3) is 11.3 Å². The van der Waals surface area contributed by atoms with Gasteiger partial charge in [0.1, 0.15) is 6.61 Å². The summed E-state index contributed by atoms with van der Waals surface area (Å²) in [6.07, 6.45) is 1.02. The zero-order chi connectivity index (χ0) is 33.8. The van der Waals surface area contributed by atoms with Crippen LogP contribution in [0, 0.1) is 0 Å². The quantitative estimate of drug-likeness (QED) is 0.286. The van der Waals surface area contributed by atoms with Gasteiger partial charge < -0.3 is 25.3 Å². The number of hydrogen-bond acceptors (Lipinski definition) is 9. The van der Waals surface area contributed by atoms with E-state index in [0.717, 1.165) is 55.7 Å². The van der Waals surface area contributed by atoms with E-state index in [-0.39, 0.29) is 30.6 Å². The molecule has 1 aromatic carbocycles. The highest BCUT2D eigenvalue weighted by Crippen LogP contribution is 2.40. The molecule has 0 bridgehead atoms. The number of fused-ring (bicyclic) bond motifs is 1. The van der Waals surface area contributed by atoms with E-state index in [4.69, 9.17) is 10.2 Å². The van der Waals surface area contributed by atoms with Crippen LogP contribution in [0.3, 0.4) is 0 Å². The molecule has 4 heterocycles. The average molecular weight is 703 g/mol. The second-order valence-electron chi connectivity index (χ2n) is 12.7. The van der Waals surface area contributed by atoms with Gasteiger partial charge in [-0.15, -0.1) is 11.8 Å². The van der Waals surface area contributed by atoms with Crippen molar-refractivity contribution < 1.29 is 36.6 Å². The number of halogens is 3. The van der Waals surface area contributed by atoms with E-state index < -0.39 is 40.4 Å². The Bertz CT molecular complexity index is 1490. The fourth-order valence-electron chi connectivity index (χ4n) is 6.71. The van der Waals surface area contributed by atoms with E-state index in [0.29, 0.717) is 68.0 Å². The summed E-state index contributed by atoms with van der Waals surface area (Å²) in [7, 11) is -3.52. The number of sulfonamides is 1. The van der Waals surface area contributed by atoms with Crippen molar-refractivity contribution in [3.05, 3.63) is 35.0 Å². The van der Waals surface area contributed by atoms with Gasteiger partial charge in [0.05, 0.1) is 30.2 Å². The molecule has 1 unspecified atom stereocenters. The lowest BCUT2D eigenvalue weighted by molar-refractivity contribution is -0.139. The zero-order valence-electron chi connectivity index (χ0n) is 26.7. The Morgan fingerprint density at radius 1 is 1.09 bits per heavy atom. The molecule has 2 aromatic rings. The van der Waals surface area contributed by atoms with E-state index in [9.17, 15) is 31.5 Å². The highest BCUT2D eigenvalue weighted by Gasteiger charge is 2.35. The molecule has 2 saturated heterocycles. The number of aromatic nitrogens is 2. The molecule has 262 valence electrons. The van der Waals surface area contributed by atoms with Crippen molar-refractivity contribution in [2.45, 2.75) is 74.8 Å². The minimum absolute atomic E-state index is 0.0256. The predicted molar refractivity (Wildman–Crippen MR) is 173 cm³/mol. The van der Waals surface area contributed by atoms with Crippen molar-refractivity contribution in [1.82, 2.24) is 29.2 Å². The summed E-state index contributed by atoms with van der Waals surface area (Å²) in [5.74, 6) is -0.000532. The van der Waals surface area contributed by atoms with Crippen molar-refractivity contribution in [2.75, 3.05) is 64.4 Å². The third-order valence-electron chi connectivity index (χ3n) is 9.19. The van der Waals surface area contributed by atoms with Crippen LogP contribution in [0.15, 0.2) is 23.1 Å². The maximum atomic E-state index is 14.1. The highest BCUT2D eigenvalue weighted by molar-refractivity contribution is 7.99. The summed E-state index contributed by atoms with van der Waals surface area (Å²) in [4.78, 5) is 15.9. The van der Waals surface area contributed by atoms with E-state index in [1.807, 2.05) is 0 Å². The Hall–Kier alpha value is -2.21. The smallest absolute Gasteiger partial charge is 0.390 e. The molecule has 0 aliphatic carbocycles. The number of carbonyl (C=O) groups excluding carboxylic acids is 1. The third kappa shape index (κ3) is 9.49. The minimum Gasteiger partial charge on any atom is -0.390 e. The molecule has 3 aliphatic rings. The van der Waals surface area contributed by atoms with Crippen LogP contribution in [0.5, 0.6) is 0 Å². The first kappa shape index (κ1) is 36.1. The number of aliphatic hydroxyl groups is 2. The van der Waals surface area contributed by atoms with Crippen LogP contribution in [-0.4, -0.2) is 125 Å². The number of amides is 1. The molecule has 0 radical (unpaired) electrons. The number of nitrogens with one attached hydrogen (secondary N) is 1. The number of β-amino-alcohol motifs (C(OH)–C–C–N with tert-alkyl or cyclic N) is 1. The molecular formula is C31H45F3N6O5S2. The summed E-state index contributed by atoms with van der Waals surface area (Å²) >= 11 is 1.12.